The molecule has 0 bridgehead atoms. The van der Waals surface area contributed by atoms with E-state index in [1.165, 1.54) is 17.7 Å². The lowest BCUT2D eigenvalue weighted by Gasteiger charge is -2.09. The number of carbonyl (C=O) groups is 1. The van der Waals surface area contributed by atoms with Crippen molar-refractivity contribution < 1.29 is 9.18 Å². The van der Waals surface area contributed by atoms with Gasteiger partial charge in [-0.15, -0.1) is 0 Å². The van der Waals surface area contributed by atoms with Gasteiger partial charge in [-0.1, -0.05) is 17.7 Å². The van der Waals surface area contributed by atoms with Crippen LogP contribution in [0.15, 0.2) is 36.4 Å². The average molecular weight is 321 g/mol. The van der Waals surface area contributed by atoms with Crippen molar-refractivity contribution in [1.82, 2.24) is 0 Å². The molecule has 0 atom stereocenters. The van der Waals surface area contributed by atoms with Gasteiger partial charge in [0.25, 0.3) is 0 Å². The molecule has 0 aromatic heterocycles. The Morgan fingerprint density at radius 3 is 2.50 bits per heavy atom. The highest BCUT2D eigenvalue weighted by molar-refractivity contribution is 6.31. The molecule has 0 radical (unpaired) electrons. The van der Waals surface area contributed by atoms with Crippen LogP contribution in [0.5, 0.6) is 0 Å². The van der Waals surface area contributed by atoms with Crippen LogP contribution in [0.3, 0.4) is 0 Å². The molecule has 0 fully saturated rings. The molecule has 0 aliphatic rings. The first-order valence-electron chi connectivity index (χ1n) is 7.02. The molecule has 3 nitrogen and oxygen atoms in total. The van der Waals surface area contributed by atoms with E-state index in [1.807, 2.05) is 32.0 Å². The number of amides is 1. The van der Waals surface area contributed by atoms with E-state index in [9.17, 15) is 9.18 Å². The number of rotatable bonds is 5. The van der Waals surface area contributed by atoms with Crippen LogP contribution in [-0.2, 0) is 4.79 Å². The second-order valence-corrected chi connectivity index (χ2v) is 5.56. The lowest BCUT2D eigenvalue weighted by atomic mass is 10.1. The zero-order valence-corrected chi connectivity index (χ0v) is 13.3. The highest BCUT2D eigenvalue weighted by Crippen LogP contribution is 2.19. The molecule has 0 saturated heterocycles. The summed E-state index contributed by atoms with van der Waals surface area (Å²) in [5.74, 6) is -0.538. The van der Waals surface area contributed by atoms with Gasteiger partial charge in [0, 0.05) is 24.3 Å². The van der Waals surface area contributed by atoms with E-state index >= 15 is 0 Å². The third-order valence-corrected chi connectivity index (χ3v) is 3.68. The van der Waals surface area contributed by atoms with E-state index in [-0.39, 0.29) is 10.9 Å². The van der Waals surface area contributed by atoms with Gasteiger partial charge in [-0.3, -0.25) is 4.79 Å². The van der Waals surface area contributed by atoms with Crippen LogP contribution in [0.2, 0.25) is 5.02 Å². The molecule has 2 rings (SSSR count). The van der Waals surface area contributed by atoms with Crippen LogP contribution in [-0.4, -0.2) is 12.5 Å². The molecule has 5 heteroatoms. The van der Waals surface area contributed by atoms with Crippen molar-refractivity contribution in [3.8, 4) is 0 Å². The maximum absolute atomic E-state index is 13.0. The molecule has 0 saturated carbocycles. The predicted molar refractivity (Wildman–Crippen MR) is 89.1 cm³/mol. The number of benzene rings is 2. The van der Waals surface area contributed by atoms with Gasteiger partial charge in [-0.2, -0.15) is 0 Å². The van der Waals surface area contributed by atoms with Crippen molar-refractivity contribution >= 4 is 28.9 Å². The smallest absolute Gasteiger partial charge is 0.226 e. The predicted octanol–water partition coefficient (Wildman–Crippen LogP) is 4.54. The van der Waals surface area contributed by atoms with Crippen molar-refractivity contribution in [3.05, 3.63) is 58.4 Å². The van der Waals surface area contributed by atoms with Crippen molar-refractivity contribution in [1.29, 1.82) is 0 Å². The van der Waals surface area contributed by atoms with Crippen molar-refractivity contribution in [2.75, 3.05) is 17.2 Å². The third-order valence-electron chi connectivity index (χ3n) is 3.39. The molecule has 1 amide bonds. The molecule has 2 N–H and O–H groups in total. The minimum absolute atomic E-state index is 0.0598. The fourth-order valence-corrected chi connectivity index (χ4v) is 2.15. The second kappa shape index (κ2) is 7.27. The molecule has 0 spiro atoms. The van der Waals surface area contributed by atoms with Gasteiger partial charge >= 0.3 is 0 Å². The summed E-state index contributed by atoms with van der Waals surface area (Å²) in [6, 6.07) is 10.2. The Labute approximate surface area is 134 Å². The van der Waals surface area contributed by atoms with E-state index in [4.69, 9.17) is 11.6 Å². The van der Waals surface area contributed by atoms with Crippen molar-refractivity contribution in [3.63, 3.8) is 0 Å². The molecule has 0 aliphatic heterocycles. The molecular formula is C17H18ClFN2O. The summed E-state index contributed by atoms with van der Waals surface area (Å²) in [6.45, 7) is 4.47. The quantitative estimate of drug-likeness (QED) is 0.849. The Morgan fingerprint density at radius 2 is 1.82 bits per heavy atom. The number of anilines is 2. The molecular weight excluding hydrogens is 303 g/mol. The van der Waals surface area contributed by atoms with Crippen LogP contribution < -0.4 is 10.6 Å². The summed E-state index contributed by atoms with van der Waals surface area (Å²) in [5, 5.41) is 5.95. The topological polar surface area (TPSA) is 41.1 Å². The maximum Gasteiger partial charge on any atom is 0.226 e. The first-order valence-corrected chi connectivity index (χ1v) is 7.39. The minimum atomic E-state index is -0.459. The number of aryl methyl sites for hydroxylation is 2. The van der Waals surface area contributed by atoms with Gasteiger partial charge in [-0.05, 0) is 55.3 Å². The van der Waals surface area contributed by atoms with Crippen molar-refractivity contribution in [2.45, 2.75) is 20.3 Å². The zero-order valence-electron chi connectivity index (χ0n) is 12.5. The van der Waals surface area contributed by atoms with E-state index in [0.29, 0.717) is 18.7 Å². The van der Waals surface area contributed by atoms with E-state index < -0.39 is 5.82 Å². The maximum atomic E-state index is 13.0. The number of hydrogen-bond acceptors (Lipinski definition) is 2. The number of nitrogens with one attached hydrogen (secondary N) is 2. The molecule has 22 heavy (non-hydrogen) atoms. The molecule has 0 heterocycles. The van der Waals surface area contributed by atoms with Crippen LogP contribution in [0.1, 0.15) is 17.5 Å². The van der Waals surface area contributed by atoms with Crippen LogP contribution in [0.25, 0.3) is 0 Å². The Kier molecular flexibility index (Phi) is 5.39. The first-order chi connectivity index (χ1) is 10.5. The largest absolute Gasteiger partial charge is 0.384 e. The summed E-state index contributed by atoms with van der Waals surface area (Å²) < 4.78 is 13.0. The monoisotopic (exact) mass is 320 g/mol. The SMILES string of the molecule is Cc1ccc(NC(=O)CCNc2ccc(F)c(Cl)c2)cc1C. The van der Waals surface area contributed by atoms with Crippen LogP contribution in [0.4, 0.5) is 15.8 Å². The fourth-order valence-electron chi connectivity index (χ4n) is 1.97. The zero-order chi connectivity index (χ0) is 16.1. The van der Waals surface area contributed by atoms with Gasteiger partial charge in [0.1, 0.15) is 5.82 Å². The highest BCUT2D eigenvalue weighted by Gasteiger charge is 2.04. The lowest BCUT2D eigenvalue weighted by molar-refractivity contribution is -0.115. The lowest BCUT2D eigenvalue weighted by Crippen LogP contribution is -2.16. The van der Waals surface area contributed by atoms with Gasteiger partial charge < -0.3 is 10.6 Å². The molecule has 116 valence electrons. The van der Waals surface area contributed by atoms with Gasteiger partial charge in [0.05, 0.1) is 5.02 Å². The third kappa shape index (κ3) is 4.46. The van der Waals surface area contributed by atoms with E-state index in [2.05, 4.69) is 10.6 Å². The van der Waals surface area contributed by atoms with Crippen molar-refractivity contribution in [2.24, 2.45) is 0 Å². The van der Waals surface area contributed by atoms with E-state index in [1.54, 1.807) is 6.07 Å². The second-order valence-electron chi connectivity index (χ2n) is 5.15. The summed E-state index contributed by atoms with van der Waals surface area (Å²) >= 11 is 5.70. The van der Waals surface area contributed by atoms with E-state index in [0.717, 1.165) is 11.3 Å². The number of halogens is 2. The Bertz CT molecular complexity index is 688. The summed E-state index contributed by atoms with van der Waals surface area (Å²) in [6.07, 6.45) is 0.307. The van der Waals surface area contributed by atoms with Gasteiger partial charge in [0.15, 0.2) is 0 Å². The van der Waals surface area contributed by atoms with Crippen LogP contribution >= 0.6 is 11.6 Å². The first kappa shape index (κ1) is 16.3. The summed E-state index contributed by atoms with van der Waals surface area (Å²) in [4.78, 5) is 11.9. The Hall–Kier alpha value is -2.07. The molecule has 0 aliphatic carbocycles. The van der Waals surface area contributed by atoms with Crippen LogP contribution in [0, 0.1) is 19.7 Å². The van der Waals surface area contributed by atoms with Gasteiger partial charge in [0.2, 0.25) is 5.91 Å². The normalized spacial score (nSPS) is 10.4. The molecule has 0 unspecified atom stereocenters. The average Bonchev–Trinajstić information content (AvgIpc) is 2.47. The Morgan fingerprint density at radius 1 is 1.09 bits per heavy atom. The number of carbonyl (C=O) groups excluding carboxylic acids is 1. The standard InChI is InChI=1S/C17H18ClFN2O/c1-11-3-4-14(9-12(11)2)21-17(22)7-8-20-13-5-6-16(19)15(18)10-13/h3-6,9-10,20H,7-8H2,1-2H3,(H,21,22). The summed E-state index contributed by atoms with van der Waals surface area (Å²) in [5.41, 5.74) is 3.80. The highest BCUT2D eigenvalue weighted by atomic mass is 35.5. The fraction of sp³-hybridized carbons (Fsp3) is 0.235. The minimum Gasteiger partial charge on any atom is -0.384 e. The van der Waals surface area contributed by atoms with Gasteiger partial charge in [-0.25, -0.2) is 4.39 Å². The molecule has 2 aromatic rings. The Balaban J connectivity index is 1.82. The molecule has 2 aromatic carbocycles. The number of hydrogen-bond donors (Lipinski definition) is 2. The summed E-state index contributed by atoms with van der Waals surface area (Å²) in [7, 11) is 0.